The van der Waals surface area contributed by atoms with Crippen LogP contribution in [0.25, 0.3) is 23.0 Å². The molecule has 1 aliphatic rings. The lowest BCUT2D eigenvalue weighted by Crippen LogP contribution is -2.37. The van der Waals surface area contributed by atoms with Crippen LogP contribution in [0.15, 0.2) is 47.0 Å². The molecule has 7 nitrogen and oxygen atoms in total. The Kier molecular flexibility index (Phi) is 4.76. The fraction of sp³-hybridized carbons (Fsp3) is 0.182. The van der Waals surface area contributed by atoms with E-state index in [-0.39, 0.29) is 30.4 Å². The molecule has 10 heteroatoms. The van der Waals surface area contributed by atoms with Crippen LogP contribution in [0.1, 0.15) is 21.6 Å². The number of carbonyl (C=O) groups is 1. The van der Waals surface area contributed by atoms with Gasteiger partial charge in [-0.3, -0.25) is 9.48 Å². The number of fused-ring (bicyclic) bond motifs is 1. The smallest absolute Gasteiger partial charge is 0.279 e. The molecule has 0 saturated carbocycles. The number of nitrogens with zero attached hydrogens (tertiary/aromatic N) is 5. The maximum absolute atomic E-state index is 14.1. The molecule has 1 aliphatic heterocycles. The zero-order chi connectivity index (χ0) is 22.4. The normalized spacial score (nSPS) is 13.3. The lowest BCUT2D eigenvalue weighted by atomic mass is 10.0. The number of rotatable bonds is 3. The van der Waals surface area contributed by atoms with Crippen molar-refractivity contribution in [1.82, 2.24) is 24.8 Å². The van der Waals surface area contributed by atoms with Crippen molar-refractivity contribution in [3.05, 3.63) is 76.7 Å². The van der Waals surface area contributed by atoms with Crippen molar-refractivity contribution in [3.8, 4) is 23.0 Å². The Bertz CT molecular complexity index is 1330. The third kappa shape index (κ3) is 3.24. The minimum atomic E-state index is -0.918. The number of amides is 1. The summed E-state index contributed by atoms with van der Waals surface area (Å²) in [6, 6.07) is 9.33. The predicted octanol–water partition coefficient (Wildman–Crippen LogP) is 3.75. The topological polar surface area (TPSA) is 77.1 Å². The molecule has 3 heterocycles. The van der Waals surface area contributed by atoms with E-state index in [1.807, 2.05) is 0 Å². The summed E-state index contributed by atoms with van der Waals surface area (Å²) >= 11 is 0. The first-order valence-electron chi connectivity index (χ1n) is 9.81. The van der Waals surface area contributed by atoms with Gasteiger partial charge >= 0.3 is 0 Å². The summed E-state index contributed by atoms with van der Waals surface area (Å²) in [7, 11) is 1.74. The summed E-state index contributed by atoms with van der Waals surface area (Å²) in [6.07, 6.45) is 0.426. The van der Waals surface area contributed by atoms with Crippen molar-refractivity contribution in [2.75, 3.05) is 6.54 Å². The van der Waals surface area contributed by atoms with Gasteiger partial charge in [0.2, 0.25) is 5.82 Å². The molecule has 0 spiro atoms. The van der Waals surface area contributed by atoms with Crippen LogP contribution in [0.5, 0.6) is 0 Å². The highest BCUT2D eigenvalue weighted by Crippen LogP contribution is 2.31. The van der Waals surface area contributed by atoms with Crippen LogP contribution in [0, 0.1) is 17.5 Å². The van der Waals surface area contributed by atoms with E-state index in [0.717, 1.165) is 17.8 Å². The minimum absolute atomic E-state index is 0.0581. The van der Waals surface area contributed by atoms with E-state index in [1.54, 1.807) is 23.9 Å². The Labute approximate surface area is 180 Å². The molecule has 0 radical (unpaired) electrons. The van der Waals surface area contributed by atoms with Crippen molar-refractivity contribution < 1.29 is 22.5 Å². The van der Waals surface area contributed by atoms with E-state index in [0.29, 0.717) is 17.7 Å². The van der Waals surface area contributed by atoms with Crippen LogP contribution in [-0.4, -0.2) is 37.3 Å². The summed E-state index contributed by atoms with van der Waals surface area (Å²) in [5.74, 6) is -2.95. The molecule has 0 N–H and O–H groups in total. The van der Waals surface area contributed by atoms with E-state index >= 15 is 0 Å². The van der Waals surface area contributed by atoms with Gasteiger partial charge in [-0.05, 0) is 24.3 Å². The first-order chi connectivity index (χ1) is 15.4. The monoisotopic (exact) mass is 439 g/mol. The Hall–Kier alpha value is -3.95. The summed E-state index contributed by atoms with van der Waals surface area (Å²) in [6.45, 7) is 0.325. The summed E-state index contributed by atoms with van der Waals surface area (Å²) < 4.78 is 49.3. The highest BCUT2D eigenvalue weighted by Gasteiger charge is 2.32. The minimum Gasteiger partial charge on any atom is -0.334 e. The fourth-order valence-electron chi connectivity index (χ4n) is 3.87. The van der Waals surface area contributed by atoms with Gasteiger partial charge in [0.1, 0.15) is 23.0 Å². The van der Waals surface area contributed by atoms with E-state index in [1.165, 1.54) is 23.1 Å². The third-order valence-corrected chi connectivity index (χ3v) is 5.45. The van der Waals surface area contributed by atoms with Crippen molar-refractivity contribution >= 4 is 5.91 Å². The summed E-state index contributed by atoms with van der Waals surface area (Å²) in [5, 5.41) is 8.29. The zero-order valence-electron chi connectivity index (χ0n) is 16.8. The average molecular weight is 439 g/mol. The highest BCUT2D eigenvalue weighted by molar-refractivity contribution is 5.95. The van der Waals surface area contributed by atoms with Crippen molar-refractivity contribution in [3.63, 3.8) is 0 Å². The highest BCUT2D eigenvalue weighted by atomic mass is 19.1. The molecule has 0 fully saturated rings. The van der Waals surface area contributed by atoms with Crippen LogP contribution in [-0.2, 0) is 20.0 Å². The van der Waals surface area contributed by atoms with Crippen molar-refractivity contribution in [2.24, 2.45) is 7.05 Å². The predicted molar refractivity (Wildman–Crippen MR) is 107 cm³/mol. The first kappa shape index (κ1) is 20.0. The molecule has 32 heavy (non-hydrogen) atoms. The molecule has 162 valence electrons. The van der Waals surface area contributed by atoms with E-state index in [4.69, 9.17) is 4.52 Å². The molecule has 0 unspecified atom stereocenters. The van der Waals surface area contributed by atoms with Crippen molar-refractivity contribution in [2.45, 2.75) is 13.0 Å². The summed E-state index contributed by atoms with van der Waals surface area (Å²) in [5.41, 5.74) is 1.39. The number of aromatic nitrogens is 4. The SMILES string of the molecule is Cn1nc(-c2nc(-c3ccccc3F)no2)c2c1CCN(C(=O)c1c(F)cccc1F)C2. The van der Waals surface area contributed by atoms with Gasteiger partial charge in [0.05, 0.1) is 12.1 Å². The van der Waals surface area contributed by atoms with Gasteiger partial charge in [-0.15, -0.1) is 0 Å². The van der Waals surface area contributed by atoms with Gasteiger partial charge in [0.15, 0.2) is 5.69 Å². The Morgan fingerprint density at radius 2 is 1.75 bits per heavy atom. The number of benzene rings is 2. The Morgan fingerprint density at radius 3 is 2.50 bits per heavy atom. The van der Waals surface area contributed by atoms with Gasteiger partial charge in [0.25, 0.3) is 11.8 Å². The first-order valence-corrected chi connectivity index (χ1v) is 9.81. The Morgan fingerprint density at radius 1 is 1.03 bits per heavy atom. The van der Waals surface area contributed by atoms with E-state index in [9.17, 15) is 18.0 Å². The number of halogens is 3. The maximum Gasteiger partial charge on any atom is 0.279 e. The summed E-state index contributed by atoms with van der Waals surface area (Å²) in [4.78, 5) is 18.5. The second kappa shape index (κ2) is 7.63. The quantitative estimate of drug-likeness (QED) is 0.486. The van der Waals surface area contributed by atoms with Gasteiger partial charge in [-0.1, -0.05) is 23.4 Å². The molecule has 2 aromatic carbocycles. The largest absolute Gasteiger partial charge is 0.334 e. The molecule has 0 saturated heterocycles. The van der Waals surface area contributed by atoms with Crippen LogP contribution in [0.4, 0.5) is 13.2 Å². The number of aryl methyl sites for hydroxylation is 1. The number of hydrogen-bond donors (Lipinski definition) is 0. The average Bonchev–Trinajstić information content (AvgIpc) is 3.38. The van der Waals surface area contributed by atoms with Gasteiger partial charge in [0, 0.05) is 31.3 Å². The molecule has 2 aromatic heterocycles. The second-order valence-corrected chi connectivity index (χ2v) is 7.37. The maximum atomic E-state index is 14.1. The van der Waals surface area contributed by atoms with E-state index < -0.39 is 28.9 Å². The van der Waals surface area contributed by atoms with Gasteiger partial charge in [-0.2, -0.15) is 10.1 Å². The molecular weight excluding hydrogens is 423 g/mol. The Balaban J connectivity index is 1.49. The van der Waals surface area contributed by atoms with Gasteiger partial charge < -0.3 is 9.42 Å². The molecular formula is C22H16F3N5O2. The molecule has 0 atom stereocenters. The second-order valence-electron chi connectivity index (χ2n) is 7.37. The van der Waals surface area contributed by atoms with Crippen molar-refractivity contribution in [1.29, 1.82) is 0 Å². The van der Waals surface area contributed by atoms with Crippen LogP contribution >= 0.6 is 0 Å². The lowest BCUT2D eigenvalue weighted by molar-refractivity contribution is 0.0723. The van der Waals surface area contributed by atoms with E-state index in [2.05, 4.69) is 15.2 Å². The van der Waals surface area contributed by atoms with Crippen LogP contribution in [0.3, 0.4) is 0 Å². The molecule has 0 bridgehead atoms. The third-order valence-electron chi connectivity index (χ3n) is 5.45. The molecule has 4 aromatic rings. The van der Waals surface area contributed by atoms with Crippen LogP contribution < -0.4 is 0 Å². The fourth-order valence-corrected chi connectivity index (χ4v) is 3.87. The molecule has 0 aliphatic carbocycles. The van der Waals surface area contributed by atoms with Crippen LogP contribution in [0.2, 0.25) is 0 Å². The molecule has 5 rings (SSSR count). The van der Waals surface area contributed by atoms with Gasteiger partial charge in [-0.25, -0.2) is 13.2 Å². The molecule has 1 amide bonds. The standard InChI is InChI=1S/C22H16F3N5O2/c1-29-17-9-10-30(22(31)18-15(24)7-4-8-16(18)25)11-13(17)19(27-29)21-26-20(28-32-21)12-5-2-3-6-14(12)23/h2-8H,9-11H2,1H3. The number of hydrogen-bond acceptors (Lipinski definition) is 5. The lowest BCUT2D eigenvalue weighted by Gasteiger charge is -2.27. The zero-order valence-corrected chi connectivity index (χ0v) is 16.8. The number of carbonyl (C=O) groups excluding carboxylic acids is 1.